The lowest BCUT2D eigenvalue weighted by Gasteiger charge is -2.19. The van der Waals surface area contributed by atoms with Crippen LogP contribution in [-0.2, 0) is 81.2 Å². The van der Waals surface area contributed by atoms with Gasteiger partial charge in [0.2, 0.25) is 5.24 Å². The average molecular weight is 1620 g/mol. The maximum atomic E-state index is 12.5. The van der Waals surface area contributed by atoms with E-state index in [4.69, 9.17) is 39.0 Å². The predicted octanol–water partition coefficient (Wildman–Crippen LogP) is 23.7. The van der Waals surface area contributed by atoms with Gasteiger partial charge >= 0.3 is 59.7 Å². The molecule has 0 radical (unpaired) electrons. The Hall–Kier alpha value is -5.18. The van der Waals surface area contributed by atoms with E-state index in [0.29, 0.717) is 38.5 Å². The van der Waals surface area contributed by atoms with Gasteiger partial charge in [0.05, 0.1) is 0 Å². The van der Waals surface area contributed by atoms with Crippen molar-refractivity contribution in [1.29, 1.82) is 0 Å². The van der Waals surface area contributed by atoms with Gasteiger partial charge in [0.25, 0.3) is 0 Å². The molecule has 0 bridgehead atoms. The Labute approximate surface area is 684 Å². The summed E-state index contributed by atoms with van der Waals surface area (Å²) in [6.45, 7) is 14.8. The van der Waals surface area contributed by atoms with Gasteiger partial charge in [0.1, 0.15) is 32.5 Å². The van der Waals surface area contributed by atoms with Gasteiger partial charge in [-0.15, -0.1) is 0 Å². The van der Waals surface area contributed by atoms with E-state index in [2.05, 4.69) is 44.0 Å². The molecule has 1 unspecified atom stereocenters. The maximum absolute atomic E-state index is 12.5. The molecule has 1 aliphatic rings. The van der Waals surface area contributed by atoms with Gasteiger partial charge in [-0.25, -0.2) is 0 Å². The lowest BCUT2D eigenvalue weighted by Crippen LogP contribution is -2.31. The molecule has 0 amide bonds. The maximum Gasteiger partial charge on any atom is 0.313 e. The molecular weight excluding hydrogens is 1450 g/mol. The molecule has 1 fully saturated rings. The summed E-state index contributed by atoms with van der Waals surface area (Å²) in [4.78, 5) is 122. The van der Waals surface area contributed by atoms with Crippen LogP contribution in [0.1, 0.15) is 453 Å². The second-order valence-corrected chi connectivity index (χ2v) is 32.0. The zero-order valence-electron chi connectivity index (χ0n) is 72.2. The molecule has 4 N–H and O–H groups in total. The standard InChI is InChI=1S/C41H76O8.C35H68O5.C6H10O4.C6H8O3.C2H3ClO/c1-4-6-8-10-12-14-16-18-20-22-24-26-28-30-39(44)47-34-37(49-41(46)33-36(3)32-38(42)43)35-48-40(45)31-29-27-25-23-21-19-17-15-13-11-9-7-5-2;1-3-5-7-9-11-13-15-17-19-21-23-25-27-29-34(37)39-31-33(36)32-40-35(38)30-28-26-24-22-20-18-16-14-12-10-8-6-4-2;1-4(2-5(7)8)3-6(9)10;1-4-2-5(7)9-6(8)3-4;1-2(3)4/h36-37H,4-35H2,1-3H3,(H,42,43);33,36H,3-32H2,1-2H3;4H,2-3H2,1H3,(H,7,8)(H,9,10);4H,2-3H2,1H3;1H3. The van der Waals surface area contributed by atoms with Gasteiger partial charge in [-0.1, -0.05) is 357 Å². The van der Waals surface area contributed by atoms with Crippen LogP contribution in [0.15, 0.2) is 0 Å². The van der Waals surface area contributed by atoms with Gasteiger partial charge in [-0.3, -0.25) is 52.7 Å². The first-order valence-corrected chi connectivity index (χ1v) is 45.2. The number of carboxylic acid groups (broad SMARTS) is 3. The minimum atomic E-state index is -0.985. The monoisotopic (exact) mass is 1620 g/mol. The van der Waals surface area contributed by atoms with Crippen LogP contribution in [0.5, 0.6) is 0 Å². The van der Waals surface area contributed by atoms with Crippen molar-refractivity contribution >= 4 is 76.5 Å². The van der Waals surface area contributed by atoms with E-state index in [9.17, 15) is 57.8 Å². The van der Waals surface area contributed by atoms with Gasteiger partial charge in [-0.2, -0.15) is 0 Å². The molecule has 0 aromatic rings. The number of carbonyl (C=O) groups is 11. The Kier molecular flexibility index (Phi) is 89.1. The number of aliphatic carboxylic acids is 3. The molecule has 1 saturated heterocycles. The lowest BCUT2D eigenvalue weighted by molar-refractivity contribution is -0.167. The molecule has 21 nitrogen and oxygen atoms in total. The number of aliphatic hydroxyl groups is 1. The number of rotatable bonds is 73. The van der Waals surface area contributed by atoms with Crippen LogP contribution in [0, 0.1) is 17.8 Å². The number of carbonyl (C=O) groups excluding carboxylic acids is 8. The first-order valence-electron chi connectivity index (χ1n) is 44.9. The van der Waals surface area contributed by atoms with Crippen LogP contribution in [-0.4, -0.2) is 124 Å². The number of esters is 7. The van der Waals surface area contributed by atoms with E-state index >= 15 is 0 Å². The summed E-state index contributed by atoms with van der Waals surface area (Å²) < 4.78 is 30.8. The Morgan fingerprint density at radius 3 is 0.723 bits per heavy atom. The van der Waals surface area contributed by atoms with Crippen molar-refractivity contribution in [2.75, 3.05) is 26.4 Å². The van der Waals surface area contributed by atoms with Crippen molar-refractivity contribution in [3.63, 3.8) is 0 Å². The summed E-state index contributed by atoms with van der Waals surface area (Å²) in [7, 11) is 0. The number of hydrogen-bond donors (Lipinski definition) is 4. The van der Waals surface area contributed by atoms with Crippen LogP contribution >= 0.6 is 11.6 Å². The summed E-state index contributed by atoms with van der Waals surface area (Å²) in [6.07, 6.45) is 64.8. The quantitative estimate of drug-likeness (QED) is 0.0144. The van der Waals surface area contributed by atoms with E-state index in [1.54, 1.807) is 13.8 Å². The smallest absolute Gasteiger partial charge is 0.313 e. The fourth-order valence-electron chi connectivity index (χ4n) is 12.8. The summed E-state index contributed by atoms with van der Waals surface area (Å²) >= 11 is 4.64. The number of carboxylic acids is 3. The third kappa shape index (κ3) is 99.0. The Balaban J connectivity index is -0.000000814. The summed E-state index contributed by atoms with van der Waals surface area (Å²) in [6, 6.07) is 0. The first kappa shape index (κ1) is 113. The fourth-order valence-corrected chi connectivity index (χ4v) is 12.8. The number of halogens is 1. The molecule has 0 aromatic carbocycles. The fraction of sp³-hybridized carbons (Fsp3) is 0.878. The van der Waals surface area contributed by atoms with Gasteiger partial charge in [0.15, 0.2) is 6.10 Å². The van der Waals surface area contributed by atoms with Crippen molar-refractivity contribution in [2.45, 2.75) is 466 Å². The largest absolute Gasteiger partial charge is 0.481 e. The predicted molar refractivity (Wildman–Crippen MR) is 447 cm³/mol. The van der Waals surface area contributed by atoms with E-state index in [0.717, 1.165) is 64.2 Å². The van der Waals surface area contributed by atoms with Crippen molar-refractivity contribution < 1.29 is 102 Å². The van der Waals surface area contributed by atoms with E-state index in [1.165, 1.54) is 277 Å². The highest BCUT2D eigenvalue weighted by molar-refractivity contribution is 6.62. The molecule has 1 heterocycles. The molecule has 1 rings (SSSR count). The third-order valence-corrected chi connectivity index (χ3v) is 19.3. The summed E-state index contributed by atoms with van der Waals surface area (Å²) in [5.74, 6) is -6.06. The number of cyclic esters (lactones) is 2. The first-order chi connectivity index (χ1) is 53.8. The lowest BCUT2D eigenvalue weighted by atomic mass is 10.0. The molecule has 0 aromatic heterocycles. The number of ether oxygens (including phenoxy) is 6. The Morgan fingerprint density at radius 1 is 0.339 bits per heavy atom. The van der Waals surface area contributed by atoms with Crippen molar-refractivity contribution in [1.82, 2.24) is 0 Å². The highest BCUT2D eigenvalue weighted by atomic mass is 35.5. The van der Waals surface area contributed by atoms with Crippen LogP contribution < -0.4 is 0 Å². The molecule has 0 saturated carbocycles. The number of unbranched alkanes of at least 4 members (excludes halogenated alkanes) is 48. The van der Waals surface area contributed by atoms with Crippen molar-refractivity contribution in [3.05, 3.63) is 0 Å². The van der Waals surface area contributed by atoms with E-state index in [1.807, 2.05) is 6.92 Å². The molecular formula is C90H165ClO21. The Bertz CT molecular complexity index is 2130. The molecule has 1 aliphatic heterocycles. The summed E-state index contributed by atoms with van der Waals surface area (Å²) in [5, 5.41) is 35.0. The van der Waals surface area contributed by atoms with Crippen LogP contribution in [0.2, 0.25) is 0 Å². The molecule has 112 heavy (non-hydrogen) atoms. The SMILES string of the molecule is CC(=O)Cl.CC(CC(=O)O)CC(=O)O.CC1CC(=O)OC(=O)C1.CCCCCCCCCCCCCCCC(=O)OCC(COC(=O)CCCCCCCCCCCCCCC)OC(=O)CC(C)CC(=O)O.CCCCCCCCCCCCCCCC(=O)OCC(O)COC(=O)CCCCCCCCCCCCCCC. The molecule has 1 atom stereocenters. The average Bonchev–Trinajstić information content (AvgIpc) is 0.913. The van der Waals surface area contributed by atoms with Crippen LogP contribution in [0.3, 0.4) is 0 Å². The Morgan fingerprint density at radius 2 is 0.527 bits per heavy atom. The molecule has 658 valence electrons. The minimum Gasteiger partial charge on any atom is -0.481 e. The zero-order valence-corrected chi connectivity index (χ0v) is 72.9. The second-order valence-electron chi connectivity index (χ2n) is 31.5. The molecule has 0 spiro atoms. The highest BCUT2D eigenvalue weighted by Gasteiger charge is 2.24. The van der Waals surface area contributed by atoms with Gasteiger partial charge < -0.3 is 48.8 Å². The third-order valence-electron chi connectivity index (χ3n) is 19.3. The van der Waals surface area contributed by atoms with Crippen molar-refractivity contribution in [2.24, 2.45) is 17.8 Å². The minimum absolute atomic E-state index is 0.0771. The van der Waals surface area contributed by atoms with E-state index < -0.39 is 53.9 Å². The summed E-state index contributed by atoms with van der Waals surface area (Å²) in [5.41, 5.74) is 0. The highest BCUT2D eigenvalue weighted by Crippen LogP contribution is 2.20. The second kappa shape index (κ2) is 88.2. The van der Waals surface area contributed by atoms with Gasteiger partial charge in [0, 0.05) is 71.1 Å². The van der Waals surface area contributed by atoms with Crippen molar-refractivity contribution in [3.8, 4) is 0 Å². The van der Waals surface area contributed by atoms with Crippen LogP contribution in [0.4, 0.5) is 0 Å². The van der Waals surface area contributed by atoms with Gasteiger partial charge in [-0.05, 0) is 55.0 Å². The zero-order chi connectivity index (χ0) is 84.1. The number of hydrogen-bond acceptors (Lipinski definition) is 18. The van der Waals surface area contributed by atoms with E-state index in [-0.39, 0.29) is 93.1 Å². The topological polar surface area (TPSA) is 324 Å². The number of aliphatic hydroxyl groups excluding tert-OH is 1. The van der Waals surface area contributed by atoms with Crippen LogP contribution in [0.25, 0.3) is 0 Å². The molecule has 22 heteroatoms. The normalized spacial score (nSPS) is 12.1. The molecule has 0 aliphatic carbocycles.